The van der Waals surface area contributed by atoms with Gasteiger partial charge in [0.2, 0.25) is 10.0 Å². The molecule has 0 amide bonds. The molecule has 0 bridgehead atoms. The smallest absolute Gasteiger partial charge is 0.240 e. The molecule has 0 radical (unpaired) electrons. The summed E-state index contributed by atoms with van der Waals surface area (Å²) in [6, 6.07) is 12.3. The van der Waals surface area contributed by atoms with E-state index in [1.54, 1.807) is 24.3 Å². The molecule has 0 spiro atoms. The molecule has 0 aliphatic carbocycles. The maximum atomic E-state index is 12.2. The van der Waals surface area contributed by atoms with Crippen LogP contribution in [0.15, 0.2) is 64.2 Å². The summed E-state index contributed by atoms with van der Waals surface area (Å²) in [5.41, 5.74) is 1.71. The number of fused-ring (bicyclic) bond motifs is 1. The molecule has 114 valence electrons. The highest BCUT2D eigenvalue weighted by molar-refractivity contribution is 9.10. The Balaban J connectivity index is 1.65. The standard InChI is InChI=1S/C15H14BrN3O2S/c16-12-4-6-14(7-5-12)22(20,21)17-9-8-13-11-19-10-2-1-3-15(19)18-13/h1-7,10-11,17H,8-9H2. The molecule has 2 heterocycles. The molecule has 0 aliphatic heterocycles. The van der Waals surface area contributed by atoms with E-state index in [2.05, 4.69) is 25.6 Å². The predicted molar refractivity (Wildman–Crippen MR) is 88.2 cm³/mol. The minimum absolute atomic E-state index is 0.255. The van der Waals surface area contributed by atoms with E-state index in [1.807, 2.05) is 35.0 Å². The molecular weight excluding hydrogens is 366 g/mol. The summed E-state index contributed by atoms with van der Waals surface area (Å²) in [5, 5.41) is 0. The highest BCUT2D eigenvalue weighted by Gasteiger charge is 2.13. The van der Waals surface area contributed by atoms with E-state index >= 15 is 0 Å². The van der Waals surface area contributed by atoms with Crippen molar-refractivity contribution < 1.29 is 8.42 Å². The molecular formula is C15H14BrN3O2S. The molecule has 3 aromatic rings. The molecule has 3 rings (SSSR count). The fraction of sp³-hybridized carbons (Fsp3) is 0.133. The van der Waals surface area contributed by atoms with Crippen LogP contribution in [0.3, 0.4) is 0 Å². The molecule has 7 heteroatoms. The minimum Gasteiger partial charge on any atom is -0.307 e. The van der Waals surface area contributed by atoms with E-state index in [4.69, 9.17) is 0 Å². The summed E-state index contributed by atoms with van der Waals surface area (Å²) >= 11 is 3.29. The van der Waals surface area contributed by atoms with Crippen molar-refractivity contribution in [3.05, 3.63) is 65.0 Å². The Hall–Kier alpha value is -1.70. The average molecular weight is 380 g/mol. The lowest BCUT2D eigenvalue weighted by molar-refractivity contribution is 0.581. The minimum atomic E-state index is -3.48. The number of aromatic nitrogens is 2. The van der Waals surface area contributed by atoms with Crippen LogP contribution in [0.25, 0.3) is 5.65 Å². The van der Waals surface area contributed by atoms with Crippen LogP contribution in [0.1, 0.15) is 5.69 Å². The second-order valence-electron chi connectivity index (χ2n) is 4.80. The zero-order chi connectivity index (χ0) is 15.6. The number of imidazole rings is 1. The topological polar surface area (TPSA) is 63.5 Å². The predicted octanol–water partition coefficient (Wildman–Crippen LogP) is 2.62. The average Bonchev–Trinajstić information content (AvgIpc) is 2.90. The summed E-state index contributed by atoms with van der Waals surface area (Å²) in [5.74, 6) is 0. The first-order valence-electron chi connectivity index (χ1n) is 6.72. The fourth-order valence-corrected chi connectivity index (χ4v) is 3.41. The van der Waals surface area contributed by atoms with Gasteiger partial charge in [-0.1, -0.05) is 22.0 Å². The van der Waals surface area contributed by atoms with Gasteiger partial charge < -0.3 is 4.40 Å². The number of halogens is 1. The summed E-state index contributed by atoms with van der Waals surface area (Å²) in [6.45, 7) is 0.308. The molecule has 0 saturated heterocycles. The van der Waals surface area contributed by atoms with Crippen LogP contribution in [0.4, 0.5) is 0 Å². The van der Waals surface area contributed by atoms with Crippen molar-refractivity contribution in [3.8, 4) is 0 Å². The molecule has 0 atom stereocenters. The number of sulfonamides is 1. The van der Waals surface area contributed by atoms with E-state index in [1.165, 1.54) is 0 Å². The van der Waals surface area contributed by atoms with Crippen molar-refractivity contribution in [2.24, 2.45) is 0 Å². The quantitative estimate of drug-likeness (QED) is 0.740. The second-order valence-corrected chi connectivity index (χ2v) is 7.48. The summed E-state index contributed by atoms with van der Waals surface area (Å²) in [6.07, 6.45) is 4.36. The van der Waals surface area contributed by atoms with Gasteiger partial charge in [-0.05, 0) is 36.4 Å². The molecule has 0 aliphatic rings. The third kappa shape index (κ3) is 3.37. The third-order valence-electron chi connectivity index (χ3n) is 3.21. The lowest BCUT2D eigenvalue weighted by Crippen LogP contribution is -2.26. The van der Waals surface area contributed by atoms with E-state index in [-0.39, 0.29) is 4.90 Å². The van der Waals surface area contributed by atoms with Gasteiger partial charge in [-0.25, -0.2) is 18.1 Å². The van der Waals surface area contributed by atoms with Crippen LogP contribution in [-0.4, -0.2) is 24.3 Å². The fourth-order valence-electron chi connectivity index (χ4n) is 2.12. The van der Waals surface area contributed by atoms with Gasteiger partial charge in [-0.15, -0.1) is 0 Å². The van der Waals surface area contributed by atoms with Crippen LogP contribution in [0, 0.1) is 0 Å². The van der Waals surface area contributed by atoms with Crippen molar-refractivity contribution in [3.63, 3.8) is 0 Å². The van der Waals surface area contributed by atoms with E-state index in [0.717, 1.165) is 15.8 Å². The van der Waals surface area contributed by atoms with Gasteiger partial charge in [0, 0.05) is 29.8 Å². The Labute approximate surface area is 137 Å². The van der Waals surface area contributed by atoms with Crippen LogP contribution < -0.4 is 4.72 Å². The van der Waals surface area contributed by atoms with Crippen LogP contribution >= 0.6 is 15.9 Å². The van der Waals surface area contributed by atoms with Crippen LogP contribution in [0.5, 0.6) is 0 Å². The van der Waals surface area contributed by atoms with Crippen LogP contribution in [0.2, 0.25) is 0 Å². The Morgan fingerprint density at radius 1 is 1.14 bits per heavy atom. The number of benzene rings is 1. The molecule has 0 saturated carbocycles. The number of rotatable bonds is 5. The van der Waals surface area contributed by atoms with Crippen molar-refractivity contribution in [2.45, 2.75) is 11.3 Å². The number of pyridine rings is 1. The molecule has 1 N–H and O–H groups in total. The zero-order valence-corrected chi connectivity index (χ0v) is 14.0. The SMILES string of the molecule is O=S(=O)(NCCc1cn2ccccc2n1)c1ccc(Br)cc1. The maximum absolute atomic E-state index is 12.2. The van der Waals surface area contributed by atoms with Crippen molar-refractivity contribution in [2.75, 3.05) is 6.54 Å². The largest absolute Gasteiger partial charge is 0.307 e. The van der Waals surface area contributed by atoms with Crippen LogP contribution in [-0.2, 0) is 16.4 Å². The summed E-state index contributed by atoms with van der Waals surface area (Å²) < 4.78 is 29.7. The molecule has 1 aromatic carbocycles. The maximum Gasteiger partial charge on any atom is 0.240 e. The van der Waals surface area contributed by atoms with Gasteiger partial charge in [0.05, 0.1) is 10.6 Å². The molecule has 5 nitrogen and oxygen atoms in total. The highest BCUT2D eigenvalue weighted by atomic mass is 79.9. The lowest BCUT2D eigenvalue weighted by atomic mass is 10.3. The molecule has 22 heavy (non-hydrogen) atoms. The van der Waals surface area contributed by atoms with Crippen molar-refractivity contribution in [1.82, 2.24) is 14.1 Å². The lowest BCUT2D eigenvalue weighted by Gasteiger charge is -2.05. The normalized spacial score (nSPS) is 11.9. The highest BCUT2D eigenvalue weighted by Crippen LogP contribution is 2.14. The van der Waals surface area contributed by atoms with E-state index < -0.39 is 10.0 Å². The van der Waals surface area contributed by atoms with Crippen molar-refractivity contribution >= 4 is 31.6 Å². The summed E-state index contributed by atoms with van der Waals surface area (Å²) in [4.78, 5) is 4.69. The number of hydrogen-bond acceptors (Lipinski definition) is 3. The third-order valence-corrected chi connectivity index (χ3v) is 5.22. The van der Waals surface area contributed by atoms with Gasteiger partial charge >= 0.3 is 0 Å². The van der Waals surface area contributed by atoms with Gasteiger partial charge in [0.15, 0.2) is 0 Å². The number of nitrogens with zero attached hydrogens (tertiary/aromatic N) is 2. The van der Waals surface area contributed by atoms with Gasteiger partial charge in [0.25, 0.3) is 0 Å². The van der Waals surface area contributed by atoms with Crippen molar-refractivity contribution in [1.29, 1.82) is 0 Å². The van der Waals surface area contributed by atoms with E-state index in [0.29, 0.717) is 13.0 Å². The first kappa shape index (κ1) is 15.2. The van der Waals surface area contributed by atoms with E-state index in [9.17, 15) is 8.42 Å². The molecule has 2 aromatic heterocycles. The Morgan fingerprint density at radius 2 is 1.91 bits per heavy atom. The Morgan fingerprint density at radius 3 is 2.64 bits per heavy atom. The molecule has 0 unspecified atom stereocenters. The van der Waals surface area contributed by atoms with Gasteiger partial charge in [0.1, 0.15) is 5.65 Å². The number of hydrogen-bond donors (Lipinski definition) is 1. The van der Waals surface area contributed by atoms with Gasteiger partial charge in [-0.3, -0.25) is 0 Å². The number of nitrogens with one attached hydrogen (secondary N) is 1. The second kappa shape index (κ2) is 6.20. The molecule has 0 fully saturated rings. The Kier molecular flexibility index (Phi) is 4.28. The first-order chi connectivity index (χ1) is 10.5. The first-order valence-corrected chi connectivity index (χ1v) is 9.00. The monoisotopic (exact) mass is 379 g/mol. The summed E-state index contributed by atoms with van der Waals surface area (Å²) in [7, 11) is -3.48. The van der Waals surface area contributed by atoms with Gasteiger partial charge in [-0.2, -0.15) is 0 Å². The zero-order valence-electron chi connectivity index (χ0n) is 11.6. The Bertz CT molecular complexity index is 856.